The van der Waals surface area contributed by atoms with Crippen molar-refractivity contribution < 1.29 is 14.4 Å². The maximum absolute atomic E-state index is 12.9. The molecule has 6 nitrogen and oxygen atoms in total. The summed E-state index contributed by atoms with van der Waals surface area (Å²) in [6.45, 7) is 2.71. The van der Waals surface area contributed by atoms with E-state index >= 15 is 0 Å². The van der Waals surface area contributed by atoms with E-state index in [-0.39, 0.29) is 24.8 Å². The van der Waals surface area contributed by atoms with Crippen molar-refractivity contribution in [1.82, 2.24) is 15.5 Å². The van der Waals surface area contributed by atoms with Crippen LogP contribution in [0.15, 0.2) is 18.2 Å². The van der Waals surface area contributed by atoms with E-state index in [1.807, 2.05) is 6.07 Å². The molecule has 0 radical (unpaired) electrons. The molecule has 0 aliphatic carbocycles. The van der Waals surface area contributed by atoms with Crippen molar-refractivity contribution in [2.45, 2.75) is 43.7 Å². The van der Waals surface area contributed by atoms with E-state index in [1.54, 1.807) is 4.90 Å². The Hall–Kier alpha value is -2.21. The highest BCUT2D eigenvalue weighted by Gasteiger charge is 2.46. The van der Waals surface area contributed by atoms with Crippen LogP contribution in [-0.4, -0.2) is 48.2 Å². The predicted molar refractivity (Wildman–Crippen MR) is 92.2 cm³/mol. The highest BCUT2D eigenvalue weighted by atomic mass is 16.2. The summed E-state index contributed by atoms with van der Waals surface area (Å²) in [4.78, 5) is 37.8. The third-order valence-electron chi connectivity index (χ3n) is 5.88. The fourth-order valence-corrected chi connectivity index (χ4v) is 4.26. The molecule has 2 amide bonds. The van der Waals surface area contributed by atoms with Crippen molar-refractivity contribution in [3.8, 4) is 0 Å². The lowest BCUT2D eigenvalue weighted by atomic mass is 9.88. The lowest BCUT2D eigenvalue weighted by Gasteiger charge is -2.40. The fraction of sp³-hybridized carbons (Fsp3) is 0.526. The van der Waals surface area contributed by atoms with Crippen LogP contribution in [0.2, 0.25) is 0 Å². The van der Waals surface area contributed by atoms with E-state index in [0.717, 1.165) is 37.8 Å². The number of hydrogen-bond donors (Lipinski definition) is 2. The summed E-state index contributed by atoms with van der Waals surface area (Å²) >= 11 is 0. The molecule has 3 aliphatic heterocycles. The number of amides is 2. The third-order valence-corrected chi connectivity index (χ3v) is 5.88. The Labute approximate surface area is 147 Å². The Bertz CT molecular complexity index is 715. The molecule has 3 aliphatic rings. The van der Waals surface area contributed by atoms with Crippen LogP contribution in [0.25, 0.3) is 0 Å². The molecule has 1 unspecified atom stereocenters. The molecule has 2 saturated heterocycles. The molecular weight excluding hydrogens is 318 g/mol. The molecule has 1 atom stereocenters. The van der Waals surface area contributed by atoms with Crippen LogP contribution in [0.3, 0.4) is 0 Å². The van der Waals surface area contributed by atoms with Gasteiger partial charge in [0.15, 0.2) is 0 Å². The van der Waals surface area contributed by atoms with Gasteiger partial charge in [0.05, 0.1) is 0 Å². The van der Waals surface area contributed by atoms with E-state index in [1.165, 1.54) is 5.56 Å². The van der Waals surface area contributed by atoms with Crippen molar-refractivity contribution in [1.29, 1.82) is 0 Å². The molecule has 132 valence electrons. The second kappa shape index (κ2) is 6.26. The lowest BCUT2D eigenvalue weighted by Crippen LogP contribution is -2.60. The zero-order valence-corrected chi connectivity index (χ0v) is 14.2. The van der Waals surface area contributed by atoms with Crippen molar-refractivity contribution in [3.63, 3.8) is 0 Å². The van der Waals surface area contributed by atoms with Gasteiger partial charge in [-0.1, -0.05) is 12.1 Å². The molecule has 3 heterocycles. The van der Waals surface area contributed by atoms with Crippen LogP contribution in [0, 0.1) is 0 Å². The minimum absolute atomic E-state index is 0.0603. The number of carbonyl (C=O) groups excluding carboxylic acids is 3. The number of carbonyl (C=O) groups is 3. The summed E-state index contributed by atoms with van der Waals surface area (Å²) < 4.78 is 0. The molecule has 0 aromatic heterocycles. The van der Waals surface area contributed by atoms with Gasteiger partial charge >= 0.3 is 0 Å². The third kappa shape index (κ3) is 2.74. The maximum Gasteiger partial charge on any atom is 0.255 e. The minimum Gasteiger partial charge on any atom is -0.353 e. The number of hydrogen-bond acceptors (Lipinski definition) is 4. The minimum atomic E-state index is -0.918. The van der Waals surface area contributed by atoms with Crippen molar-refractivity contribution in [2.75, 3.05) is 19.6 Å². The number of piperidine rings is 2. The average Bonchev–Trinajstić information content (AvgIpc) is 3.00. The first-order valence-corrected chi connectivity index (χ1v) is 9.01. The Morgan fingerprint density at radius 2 is 2.00 bits per heavy atom. The van der Waals surface area contributed by atoms with Gasteiger partial charge in [-0.15, -0.1) is 0 Å². The first kappa shape index (κ1) is 16.3. The molecule has 4 rings (SSSR count). The lowest BCUT2D eigenvalue weighted by molar-refractivity contribution is -0.128. The summed E-state index contributed by atoms with van der Waals surface area (Å²) in [5.74, 6) is 0.370. The van der Waals surface area contributed by atoms with Gasteiger partial charge in [0.1, 0.15) is 11.8 Å². The van der Waals surface area contributed by atoms with Crippen LogP contribution in [0.4, 0.5) is 0 Å². The average molecular weight is 341 g/mol. The zero-order valence-electron chi connectivity index (χ0n) is 14.2. The van der Waals surface area contributed by atoms with Crippen molar-refractivity contribution >= 4 is 18.1 Å². The molecule has 1 aromatic rings. The fourth-order valence-electron chi connectivity index (χ4n) is 4.26. The van der Waals surface area contributed by atoms with E-state index < -0.39 is 5.54 Å². The second-order valence-electron chi connectivity index (χ2n) is 7.33. The SMILES string of the molecule is O=CC1(N2Cc3cc(C4CCNCC4)ccc3C2=O)CCC(=O)NC1. The number of fused-ring (bicyclic) bond motifs is 1. The van der Waals surface area contributed by atoms with Crippen LogP contribution in [0.5, 0.6) is 0 Å². The van der Waals surface area contributed by atoms with Gasteiger partial charge < -0.3 is 20.3 Å². The summed E-state index contributed by atoms with van der Waals surface area (Å²) in [6, 6.07) is 6.12. The van der Waals surface area contributed by atoms with E-state index in [2.05, 4.69) is 22.8 Å². The number of nitrogens with zero attached hydrogens (tertiary/aromatic N) is 1. The summed E-state index contributed by atoms with van der Waals surface area (Å²) in [5.41, 5.74) is 2.06. The Morgan fingerprint density at radius 3 is 2.68 bits per heavy atom. The highest BCUT2D eigenvalue weighted by molar-refractivity contribution is 6.01. The molecule has 25 heavy (non-hydrogen) atoms. The Morgan fingerprint density at radius 1 is 1.20 bits per heavy atom. The molecule has 0 spiro atoms. The topological polar surface area (TPSA) is 78.5 Å². The van der Waals surface area contributed by atoms with Crippen LogP contribution >= 0.6 is 0 Å². The monoisotopic (exact) mass is 341 g/mol. The van der Waals surface area contributed by atoms with Crippen LogP contribution in [-0.2, 0) is 16.1 Å². The van der Waals surface area contributed by atoms with E-state index in [9.17, 15) is 14.4 Å². The molecule has 6 heteroatoms. The zero-order chi connectivity index (χ0) is 17.4. The Balaban J connectivity index is 1.60. The van der Waals surface area contributed by atoms with Gasteiger partial charge in [0, 0.05) is 25.1 Å². The highest BCUT2D eigenvalue weighted by Crippen LogP contribution is 2.35. The van der Waals surface area contributed by atoms with Crippen LogP contribution < -0.4 is 10.6 Å². The standard InChI is InChI=1S/C19H23N3O3/c23-12-19(6-3-17(24)21-11-19)22-10-15-9-14(1-2-16(15)18(22)25)13-4-7-20-8-5-13/h1-2,9,12-13,20H,3-8,10-11H2,(H,21,24). The van der Waals surface area contributed by atoms with E-state index in [0.29, 0.717) is 24.4 Å². The van der Waals surface area contributed by atoms with Gasteiger partial charge in [-0.3, -0.25) is 9.59 Å². The molecule has 0 saturated carbocycles. The van der Waals surface area contributed by atoms with Crippen molar-refractivity contribution in [3.05, 3.63) is 34.9 Å². The second-order valence-corrected chi connectivity index (χ2v) is 7.33. The first-order valence-electron chi connectivity index (χ1n) is 9.01. The molecule has 1 aromatic carbocycles. The largest absolute Gasteiger partial charge is 0.353 e. The summed E-state index contributed by atoms with van der Waals surface area (Å²) in [5, 5.41) is 6.11. The van der Waals surface area contributed by atoms with Crippen molar-refractivity contribution in [2.24, 2.45) is 0 Å². The number of rotatable bonds is 3. The Kier molecular flexibility index (Phi) is 4.07. The number of nitrogens with one attached hydrogen (secondary N) is 2. The number of aldehydes is 1. The molecule has 0 bridgehead atoms. The van der Waals surface area contributed by atoms with E-state index in [4.69, 9.17) is 0 Å². The molecule has 2 N–H and O–H groups in total. The quantitative estimate of drug-likeness (QED) is 0.803. The number of benzene rings is 1. The maximum atomic E-state index is 12.9. The van der Waals surface area contributed by atoms with Gasteiger partial charge in [0.25, 0.3) is 5.91 Å². The van der Waals surface area contributed by atoms with Gasteiger partial charge in [-0.2, -0.15) is 0 Å². The van der Waals surface area contributed by atoms with Gasteiger partial charge in [0.2, 0.25) is 5.91 Å². The normalized spacial score (nSPS) is 27.1. The summed E-state index contributed by atoms with van der Waals surface area (Å²) in [6.07, 6.45) is 3.73. The molecule has 2 fully saturated rings. The smallest absolute Gasteiger partial charge is 0.255 e. The summed E-state index contributed by atoms with van der Waals surface area (Å²) in [7, 11) is 0. The van der Waals surface area contributed by atoms with Gasteiger partial charge in [-0.25, -0.2) is 0 Å². The predicted octanol–water partition coefficient (Wildman–Crippen LogP) is 0.957. The first-order chi connectivity index (χ1) is 12.1. The van der Waals surface area contributed by atoms with Gasteiger partial charge in [-0.05, 0) is 55.5 Å². The molecular formula is C19H23N3O3. The van der Waals surface area contributed by atoms with Crippen LogP contribution in [0.1, 0.15) is 53.1 Å².